The van der Waals surface area contributed by atoms with Crippen molar-refractivity contribution in [1.82, 2.24) is 14.7 Å². The van der Waals surface area contributed by atoms with Gasteiger partial charge in [0.25, 0.3) is 0 Å². The van der Waals surface area contributed by atoms with Gasteiger partial charge < -0.3 is 9.64 Å². The lowest BCUT2D eigenvalue weighted by Crippen LogP contribution is -2.40. The van der Waals surface area contributed by atoms with Crippen LogP contribution in [-0.2, 0) is 22.7 Å². The van der Waals surface area contributed by atoms with E-state index in [-0.39, 0.29) is 18.6 Å². The molecule has 0 bridgehead atoms. The van der Waals surface area contributed by atoms with E-state index in [0.717, 1.165) is 37.1 Å². The van der Waals surface area contributed by atoms with Crippen LogP contribution in [0.4, 0.5) is 0 Å². The SMILES string of the molecule is Cc1cnn(C[C@@H]2CCCN2C(=O)COCc2ccccc2Cl)c1. The summed E-state index contributed by atoms with van der Waals surface area (Å²) in [6.07, 6.45) is 5.89. The van der Waals surface area contributed by atoms with Crippen molar-refractivity contribution in [2.75, 3.05) is 13.2 Å². The van der Waals surface area contributed by atoms with Gasteiger partial charge in [0.1, 0.15) is 6.61 Å². The van der Waals surface area contributed by atoms with E-state index in [1.165, 1.54) is 0 Å². The Hall–Kier alpha value is -1.85. The molecule has 1 aromatic carbocycles. The monoisotopic (exact) mass is 347 g/mol. The molecule has 24 heavy (non-hydrogen) atoms. The summed E-state index contributed by atoms with van der Waals surface area (Å²) in [6.45, 7) is 3.98. The third kappa shape index (κ3) is 4.16. The number of aromatic nitrogens is 2. The Morgan fingerprint density at radius 2 is 2.25 bits per heavy atom. The summed E-state index contributed by atoms with van der Waals surface area (Å²) in [4.78, 5) is 14.4. The predicted molar refractivity (Wildman–Crippen MR) is 92.8 cm³/mol. The number of ether oxygens (including phenoxy) is 1. The molecule has 6 heteroatoms. The van der Waals surface area contributed by atoms with Gasteiger partial charge in [-0.3, -0.25) is 9.48 Å². The van der Waals surface area contributed by atoms with Crippen LogP contribution < -0.4 is 0 Å². The van der Waals surface area contributed by atoms with Crippen molar-refractivity contribution >= 4 is 17.5 Å². The van der Waals surface area contributed by atoms with Crippen LogP contribution in [0.25, 0.3) is 0 Å². The Labute approximate surface area is 147 Å². The molecule has 0 unspecified atom stereocenters. The highest BCUT2D eigenvalue weighted by atomic mass is 35.5. The van der Waals surface area contributed by atoms with E-state index < -0.39 is 0 Å². The standard InChI is InChI=1S/C18H22ClN3O2/c1-14-9-20-21(10-14)11-16-6-4-8-22(16)18(23)13-24-12-15-5-2-3-7-17(15)19/h2-3,5,7,9-10,16H,4,6,8,11-13H2,1H3/t16-/m0/s1. The minimum Gasteiger partial charge on any atom is -0.367 e. The van der Waals surface area contributed by atoms with E-state index in [1.807, 2.05) is 53.2 Å². The van der Waals surface area contributed by atoms with Crippen molar-refractivity contribution in [3.8, 4) is 0 Å². The molecule has 1 aromatic heterocycles. The fourth-order valence-corrected chi connectivity index (χ4v) is 3.27. The molecular formula is C18H22ClN3O2. The zero-order valence-electron chi connectivity index (χ0n) is 13.8. The topological polar surface area (TPSA) is 47.4 Å². The maximum Gasteiger partial charge on any atom is 0.248 e. The number of aryl methyl sites for hydroxylation is 1. The first-order valence-electron chi connectivity index (χ1n) is 8.23. The van der Waals surface area contributed by atoms with Crippen LogP contribution in [0.5, 0.6) is 0 Å². The third-order valence-corrected chi connectivity index (χ3v) is 4.67. The number of benzene rings is 1. The highest BCUT2D eigenvalue weighted by Gasteiger charge is 2.29. The maximum absolute atomic E-state index is 12.5. The molecule has 0 spiro atoms. The number of amides is 1. The largest absolute Gasteiger partial charge is 0.367 e. The van der Waals surface area contributed by atoms with Crippen LogP contribution in [0.2, 0.25) is 5.02 Å². The van der Waals surface area contributed by atoms with Gasteiger partial charge in [-0.1, -0.05) is 29.8 Å². The Morgan fingerprint density at radius 1 is 1.42 bits per heavy atom. The second kappa shape index (κ2) is 7.81. The van der Waals surface area contributed by atoms with E-state index >= 15 is 0 Å². The molecule has 0 aliphatic carbocycles. The summed E-state index contributed by atoms with van der Waals surface area (Å²) in [5.74, 6) is 0.0356. The van der Waals surface area contributed by atoms with E-state index in [9.17, 15) is 4.79 Å². The molecule has 5 nitrogen and oxygen atoms in total. The van der Waals surface area contributed by atoms with Gasteiger partial charge in [-0.25, -0.2) is 0 Å². The zero-order chi connectivity index (χ0) is 16.9. The number of halogens is 1. The second-order valence-corrected chi connectivity index (χ2v) is 6.61. The molecule has 1 fully saturated rings. The summed E-state index contributed by atoms with van der Waals surface area (Å²) in [5, 5.41) is 4.98. The van der Waals surface area contributed by atoms with Gasteiger partial charge in [-0.15, -0.1) is 0 Å². The average molecular weight is 348 g/mol. The Bertz CT molecular complexity index is 701. The highest BCUT2D eigenvalue weighted by Crippen LogP contribution is 2.20. The minimum atomic E-state index is 0.0356. The van der Waals surface area contributed by atoms with E-state index in [0.29, 0.717) is 11.6 Å². The summed E-state index contributed by atoms with van der Waals surface area (Å²) in [5.41, 5.74) is 2.03. The molecule has 2 heterocycles. The molecule has 3 rings (SSSR count). The van der Waals surface area contributed by atoms with Crippen molar-refractivity contribution in [3.63, 3.8) is 0 Å². The van der Waals surface area contributed by atoms with Crippen LogP contribution in [0.15, 0.2) is 36.7 Å². The Morgan fingerprint density at radius 3 is 3.00 bits per heavy atom. The van der Waals surface area contributed by atoms with Crippen molar-refractivity contribution in [1.29, 1.82) is 0 Å². The zero-order valence-corrected chi connectivity index (χ0v) is 14.6. The molecule has 1 amide bonds. The van der Waals surface area contributed by atoms with Crippen LogP contribution in [0.3, 0.4) is 0 Å². The van der Waals surface area contributed by atoms with E-state index in [1.54, 1.807) is 0 Å². The van der Waals surface area contributed by atoms with Crippen LogP contribution in [-0.4, -0.2) is 39.8 Å². The molecule has 1 aliphatic heterocycles. The molecule has 128 valence electrons. The van der Waals surface area contributed by atoms with Crippen molar-refractivity contribution < 1.29 is 9.53 Å². The summed E-state index contributed by atoms with van der Waals surface area (Å²) < 4.78 is 7.49. The molecule has 1 saturated heterocycles. The van der Waals surface area contributed by atoms with Gasteiger partial charge >= 0.3 is 0 Å². The quantitative estimate of drug-likeness (QED) is 0.807. The maximum atomic E-state index is 12.5. The average Bonchev–Trinajstić information content (AvgIpc) is 3.18. The van der Waals surface area contributed by atoms with Crippen molar-refractivity contribution in [3.05, 3.63) is 52.8 Å². The first-order chi connectivity index (χ1) is 11.6. The van der Waals surface area contributed by atoms with Gasteiger partial charge in [0.2, 0.25) is 5.91 Å². The van der Waals surface area contributed by atoms with Gasteiger partial charge in [0.15, 0.2) is 0 Å². The minimum absolute atomic E-state index is 0.0356. The van der Waals surface area contributed by atoms with Gasteiger partial charge in [0, 0.05) is 17.8 Å². The first kappa shape index (κ1) is 17.0. The summed E-state index contributed by atoms with van der Waals surface area (Å²) >= 11 is 6.10. The van der Waals surface area contributed by atoms with Gasteiger partial charge in [0.05, 0.1) is 25.4 Å². The molecule has 1 atom stereocenters. The predicted octanol–water partition coefficient (Wildman–Crippen LogP) is 3.05. The summed E-state index contributed by atoms with van der Waals surface area (Å²) in [6, 6.07) is 7.72. The van der Waals surface area contributed by atoms with Crippen LogP contribution in [0, 0.1) is 6.92 Å². The molecule has 0 radical (unpaired) electrons. The number of carbonyl (C=O) groups excluding carboxylic acids is 1. The van der Waals surface area contributed by atoms with Crippen LogP contribution >= 0.6 is 11.6 Å². The molecule has 1 aliphatic rings. The Kier molecular flexibility index (Phi) is 5.53. The molecule has 0 N–H and O–H groups in total. The lowest BCUT2D eigenvalue weighted by Gasteiger charge is -2.24. The third-order valence-electron chi connectivity index (χ3n) is 4.30. The summed E-state index contributed by atoms with van der Waals surface area (Å²) in [7, 11) is 0. The Balaban J connectivity index is 1.51. The fraction of sp³-hybridized carbons (Fsp3) is 0.444. The van der Waals surface area contributed by atoms with Crippen LogP contribution in [0.1, 0.15) is 24.0 Å². The first-order valence-corrected chi connectivity index (χ1v) is 8.61. The van der Waals surface area contributed by atoms with Gasteiger partial charge in [-0.2, -0.15) is 5.10 Å². The normalized spacial score (nSPS) is 17.4. The lowest BCUT2D eigenvalue weighted by atomic mass is 10.2. The number of rotatable bonds is 6. The van der Waals surface area contributed by atoms with E-state index in [2.05, 4.69) is 5.10 Å². The second-order valence-electron chi connectivity index (χ2n) is 6.21. The number of hydrogen-bond donors (Lipinski definition) is 0. The van der Waals surface area contributed by atoms with E-state index in [4.69, 9.17) is 16.3 Å². The van der Waals surface area contributed by atoms with Crippen molar-refractivity contribution in [2.45, 2.75) is 39.0 Å². The fourth-order valence-electron chi connectivity index (χ4n) is 3.08. The van der Waals surface area contributed by atoms with Crippen molar-refractivity contribution in [2.24, 2.45) is 0 Å². The molecule has 2 aromatic rings. The lowest BCUT2D eigenvalue weighted by molar-refractivity contribution is -0.137. The highest BCUT2D eigenvalue weighted by molar-refractivity contribution is 6.31. The number of carbonyl (C=O) groups is 1. The molecular weight excluding hydrogens is 326 g/mol. The number of likely N-dealkylation sites (tertiary alicyclic amines) is 1. The smallest absolute Gasteiger partial charge is 0.248 e. The number of hydrogen-bond acceptors (Lipinski definition) is 3. The van der Waals surface area contributed by atoms with Gasteiger partial charge in [-0.05, 0) is 37.0 Å². The number of nitrogens with zero attached hydrogens (tertiary/aromatic N) is 3. The molecule has 0 saturated carbocycles.